The Morgan fingerprint density at radius 1 is 1.00 bits per heavy atom. The molecule has 0 aromatic rings. The molecule has 1 heterocycles. The van der Waals surface area contributed by atoms with Crippen LogP contribution in [0.5, 0.6) is 0 Å². The molecule has 0 aromatic carbocycles. The standard InChI is InChI=1S/C12H24N4/c1-11-10-12(2)16-9-7-14-5-3-4-13-6-8-15-11/h10,13-15H,3-9H2,1-2H3. The lowest BCUT2D eigenvalue weighted by Crippen LogP contribution is -2.29. The van der Waals surface area contributed by atoms with E-state index in [1.807, 2.05) is 0 Å². The fraction of sp³-hybridized carbons (Fsp3) is 0.750. The normalized spacial score (nSPS) is 21.4. The molecule has 0 amide bonds. The zero-order valence-electron chi connectivity index (χ0n) is 10.5. The Hall–Kier alpha value is -0.870. The molecule has 0 saturated heterocycles. The Bertz CT molecular complexity index is 245. The molecular weight excluding hydrogens is 200 g/mol. The molecule has 0 aliphatic carbocycles. The maximum atomic E-state index is 4.48. The minimum atomic E-state index is 0.864. The van der Waals surface area contributed by atoms with Gasteiger partial charge in [-0.25, -0.2) is 0 Å². The molecule has 16 heavy (non-hydrogen) atoms. The van der Waals surface area contributed by atoms with Crippen molar-refractivity contribution in [1.29, 1.82) is 0 Å². The van der Waals surface area contributed by atoms with E-state index in [1.54, 1.807) is 0 Å². The molecule has 4 nitrogen and oxygen atoms in total. The third kappa shape index (κ3) is 6.58. The molecule has 0 unspecified atom stereocenters. The van der Waals surface area contributed by atoms with Gasteiger partial charge in [-0.1, -0.05) is 0 Å². The van der Waals surface area contributed by atoms with Crippen LogP contribution >= 0.6 is 0 Å². The van der Waals surface area contributed by atoms with E-state index < -0.39 is 0 Å². The molecule has 3 N–H and O–H groups in total. The molecule has 4 heteroatoms. The second-order valence-corrected chi connectivity index (χ2v) is 4.13. The zero-order valence-corrected chi connectivity index (χ0v) is 10.5. The summed E-state index contributed by atoms with van der Waals surface area (Å²) in [4.78, 5) is 4.48. The molecule has 1 aliphatic heterocycles. The van der Waals surface area contributed by atoms with Crippen LogP contribution in [0.25, 0.3) is 0 Å². The van der Waals surface area contributed by atoms with Gasteiger partial charge >= 0.3 is 0 Å². The molecule has 0 bridgehead atoms. The number of aliphatic imine (C=N–C) groups is 1. The monoisotopic (exact) mass is 224 g/mol. The smallest absolute Gasteiger partial charge is 0.0517 e. The predicted octanol–water partition coefficient (Wildman–Crippen LogP) is 0.524. The van der Waals surface area contributed by atoms with Crippen LogP contribution in [0.2, 0.25) is 0 Å². The van der Waals surface area contributed by atoms with Gasteiger partial charge in [0.25, 0.3) is 0 Å². The van der Waals surface area contributed by atoms with Crippen molar-refractivity contribution in [2.24, 2.45) is 4.99 Å². The predicted molar refractivity (Wildman–Crippen MR) is 70.1 cm³/mol. The zero-order chi connectivity index (χ0) is 11.6. The Morgan fingerprint density at radius 2 is 1.75 bits per heavy atom. The first-order chi connectivity index (χ1) is 7.79. The van der Waals surface area contributed by atoms with E-state index in [2.05, 4.69) is 40.9 Å². The van der Waals surface area contributed by atoms with Crippen molar-refractivity contribution in [3.8, 4) is 0 Å². The van der Waals surface area contributed by atoms with Crippen LogP contribution in [0.3, 0.4) is 0 Å². The maximum Gasteiger partial charge on any atom is 0.0517 e. The molecule has 0 saturated carbocycles. The van der Waals surface area contributed by atoms with Gasteiger partial charge in [-0.15, -0.1) is 0 Å². The SMILES string of the molecule is CC1=CC(C)=NCCNCCCNCCN1. The van der Waals surface area contributed by atoms with Crippen LogP contribution in [-0.2, 0) is 0 Å². The highest BCUT2D eigenvalue weighted by Crippen LogP contribution is 1.89. The average molecular weight is 224 g/mol. The van der Waals surface area contributed by atoms with Crippen LogP contribution in [0.1, 0.15) is 20.3 Å². The van der Waals surface area contributed by atoms with E-state index in [0.717, 1.165) is 45.0 Å². The third-order valence-corrected chi connectivity index (χ3v) is 2.49. The van der Waals surface area contributed by atoms with Crippen LogP contribution in [0, 0.1) is 0 Å². The van der Waals surface area contributed by atoms with Gasteiger partial charge in [-0.2, -0.15) is 0 Å². The number of hydrogen-bond acceptors (Lipinski definition) is 4. The molecule has 0 radical (unpaired) electrons. The van der Waals surface area contributed by atoms with Gasteiger partial charge in [-0.3, -0.25) is 4.99 Å². The molecule has 0 spiro atoms. The fourth-order valence-corrected chi connectivity index (χ4v) is 1.66. The molecule has 1 rings (SSSR count). The van der Waals surface area contributed by atoms with E-state index in [1.165, 1.54) is 12.1 Å². The Kier molecular flexibility index (Phi) is 6.85. The van der Waals surface area contributed by atoms with Gasteiger partial charge in [-0.05, 0) is 39.4 Å². The third-order valence-electron chi connectivity index (χ3n) is 2.49. The van der Waals surface area contributed by atoms with Crippen LogP contribution in [-0.4, -0.2) is 45.0 Å². The lowest BCUT2D eigenvalue weighted by Gasteiger charge is -2.09. The van der Waals surface area contributed by atoms with Crippen molar-refractivity contribution in [2.45, 2.75) is 20.3 Å². The van der Waals surface area contributed by atoms with Gasteiger partial charge in [0, 0.05) is 31.0 Å². The Labute approximate surface area is 98.6 Å². The van der Waals surface area contributed by atoms with Gasteiger partial charge < -0.3 is 16.0 Å². The molecule has 1 aliphatic rings. The van der Waals surface area contributed by atoms with Crippen molar-refractivity contribution < 1.29 is 0 Å². The van der Waals surface area contributed by atoms with Gasteiger partial charge in [0.15, 0.2) is 0 Å². The molecule has 0 atom stereocenters. The maximum absolute atomic E-state index is 4.48. The lowest BCUT2D eigenvalue weighted by atomic mass is 10.3. The van der Waals surface area contributed by atoms with Crippen molar-refractivity contribution in [1.82, 2.24) is 16.0 Å². The van der Waals surface area contributed by atoms with E-state index >= 15 is 0 Å². The highest BCUT2D eigenvalue weighted by molar-refractivity contribution is 5.93. The summed E-state index contributed by atoms with van der Waals surface area (Å²) < 4.78 is 0. The van der Waals surface area contributed by atoms with Crippen molar-refractivity contribution in [2.75, 3.05) is 39.3 Å². The molecule has 92 valence electrons. The minimum absolute atomic E-state index is 0.864. The van der Waals surface area contributed by atoms with Crippen LogP contribution < -0.4 is 16.0 Å². The quantitative estimate of drug-likeness (QED) is 0.562. The van der Waals surface area contributed by atoms with E-state index in [4.69, 9.17) is 0 Å². The largest absolute Gasteiger partial charge is 0.387 e. The van der Waals surface area contributed by atoms with Crippen LogP contribution in [0.4, 0.5) is 0 Å². The first kappa shape index (κ1) is 13.2. The number of nitrogens with zero attached hydrogens (tertiary/aromatic N) is 1. The van der Waals surface area contributed by atoms with Gasteiger partial charge in [0.05, 0.1) is 6.54 Å². The molecule has 0 fully saturated rings. The van der Waals surface area contributed by atoms with Crippen LogP contribution in [0.15, 0.2) is 16.8 Å². The summed E-state index contributed by atoms with van der Waals surface area (Å²) in [6, 6.07) is 0. The van der Waals surface area contributed by atoms with E-state index in [9.17, 15) is 0 Å². The topological polar surface area (TPSA) is 48.5 Å². The van der Waals surface area contributed by atoms with E-state index in [-0.39, 0.29) is 0 Å². The highest BCUT2D eigenvalue weighted by atomic mass is 15.0. The summed E-state index contributed by atoms with van der Waals surface area (Å²) in [5.74, 6) is 0. The second kappa shape index (κ2) is 8.30. The highest BCUT2D eigenvalue weighted by Gasteiger charge is 1.94. The Morgan fingerprint density at radius 3 is 2.56 bits per heavy atom. The van der Waals surface area contributed by atoms with Crippen molar-refractivity contribution in [3.05, 3.63) is 11.8 Å². The van der Waals surface area contributed by atoms with Crippen molar-refractivity contribution in [3.63, 3.8) is 0 Å². The number of nitrogens with one attached hydrogen (secondary N) is 3. The second-order valence-electron chi connectivity index (χ2n) is 4.13. The number of allylic oxidation sites excluding steroid dienone is 2. The van der Waals surface area contributed by atoms with Gasteiger partial charge in [0.2, 0.25) is 0 Å². The summed E-state index contributed by atoms with van der Waals surface area (Å²) in [6.45, 7) is 10.1. The number of rotatable bonds is 0. The molecule has 0 aromatic heterocycles. The van der Waals surface area contributed by atoms with Gasteiger partial charge in [0.1, 0.15) is 0 Å². The summed E-state index contributed by atoms with van der Waals surface area (Å²) in [5, 5.41) is 10.2. The fourth-order valence-electron chi connectivity index (χ4n) is 1.66. The molecular formula is C12H24N4. The first-order valence-electron chi connectivity index (χ1n) is 6.13. The summed E-state index contributed by atoms with van der Waals surface area (Å²) in [6.07, 6.45) is 3.28. The number of hydrogen-bond donors (Lipinski definition) is 3. The first-order valence-corrected chi connectivity index (χ1v) is 6.13. The van der Waals surface area contributed by atoms with E-state index in [0.29, 0.717) is 0 Å². The van der Waals surface area contributed by atoms with Crippen molar-refractivity contribution >= 4 is 5.71 Å². The minimum Gasteiger partial charge on any atom is -0.387 e. The summed E-state index contributed by atoms with van der Waals surface area (Å²) in [7, 11) is 0. The lowest BCUT2D eigenvalue weighted by molar-refractivity contribution is 0.589. The summed E-state index contributed by atoms with van der Waals surface area (Å²) >= 11 is 0. The average Bonchev–Trinajstić information content (AvgIpc) is 2.25. The summed E-state index contributed by atoms with van der Waals surface area (Å²) in [5.41, 5.74) is 2.28. The Balaban J connectivity index is 2.42.